The van der Waals surface area contributed by atoms with Crippen LogP contribution >= 0.6 is 0 Å². The van der Waals surface area contributed by atoms with Gasteiger partial charge in [0.05, 0.1) is 0 Å². The Kier molecular flexibility index (Phi) is 3.74. The lowest BCUT2D eigenvalue weighted by Crippen LogP contribution is -2.27. The van der Waals surface area contributed by atoms with Crippen molar-refractivity contribution in [3.63, 3.8) is 0 Å². The number of benzene rings is 1. The van der Waals surface area contributed by atoms with Crippen LogP contribution in [0.1, 0.15) is 18.0 Å². The Morgan fingerprint density at radius 1 is 1.23 bits per heavy atom. The fraction of sp³-hybridized carbons (Fsp3) is 0.188. The van der Waals surface area contributed by atoms with Crippen LogP contribution in [0.2, 0.25) is 0 Å². The first-order valence-electron chi connectivity index (χ1n) is 6.89. The van der Waals surface area contributed by atoms with Crippen LogP contribution in [-0.2, 0) is 11.2 Å². The maximum atomic E-state index is 12.0. The SMILES string of the molecule is O=C(O)C(CCc1ccccc1)n1c(=O)oc2cccnc21. The quantitative estimate of drug-likeness (QED) is 0.780. The van der Waals surface area contributed by atoms with Gasteiger partial charge in [0.15, 0.2) is 11.2 Å². The van der Waals surface area contributed by atoms with E-state index in [1.54, 1.807) is 12.1 Å². The third-order valence-corrected chi connectivity index (χ3v) is 3.52. The predicted octanol–water partition coefficient (Wildman–Crippen LogP) is 2.25. The smallest absolute Gasteiger partial charge is 0.422 e. The van der Waals surface area contributed by atoms with E-state index in [9.17, 15) is 14.7 Å². The van der Waals surface area contributed by atoms with Gasteiger partial charge in [-0.05, 0) is 30.5 Å². The molecule has 112 valence electrons. The molecule has 2 aromatic heterocycles. The van der Waals surface area contributed by atoms with E-state index in [0.717, 1.165) is 10.1 Å². The van der Waals surface area contributed by atoms with Gasteiger partial charge >= 0.3 is 11.7 Å². The largest absolute Gasteiger partial charge is 0.480 e. The molecular weight excluding hydrogens is 284 g/mol. The number of carboxylic acids is 1. The minimum atomic E-state index is -1.08. The molecule has 0 aliphatic rings. The summed E-state index contributed by atoms with van der Waals surface area (Å²) in [4.78, 5) is 27.6. The van der Waals surface area contributed by atoms with E-state index >= 15 is 0 Å². The predicted molar refractivity (Wildman–Crippen MR) is 79.7 cm³/mol. The van der Waals surface area contributed by atoms with Crippen LogP contribution in [0.5, 0.6) is 0 Å². The second-order valence-electron chi connectivity index (χ2n) is 4.94. The normalized spacial score (nSPS) is 12.4. The number of hydrogen-bond acceptors (Lipinski definition) is 4. The zero-order chi connectivity index (χ0) is 15.5. The van der Waals surface area contributed by atoms with E-state index < -0.39 is 17.8 Å². The molecular formula is C16H14N2O4. The van der Waals surface area contributed by atoms with Crippen molar-refractivity contribution in [3.8, 4) is 0 Å². The summed E-state index contributed by atoms with van der Waals surface area (Å²) in [6.45, 7) is 0. The van der Waals surface area contributed by atoms with Crippen molar-refractivity contribution in [3.05, 3.63) is 64.8 Å². The number of rotatable bonds is 5. The average Bonchev–Trinajstić information content (AvgIpc) is 2.85. The number of hydrogen-bond donors (Lipinski definition) is 1. The molecule has 0 bridgehead atoms. The van der Waals surface area contributed by atoms with Gasteiger partial charge in [0.1, 0.15) is 6.04 Å². The van der Waals surface area contributed by atoms with E-state index in [-0.39, 0.29) is 12.1 Å². The molecule has 0 amide bonds. The molecule has 2 heterocycles. The van der Waals surface area contributed by atoms with Gasteiger partial charge < -0.3 is 9.52 Å². The first kappa shape index (κ1) is 14.1. The highest BCUT2D eigenvalue weighted by Crippen LogP contribution is 2.19. The fourth-order valence-corrected chi connectivity index (χ4v) is 2.46. The lowest BCUT2D eigenvalue weighted by atomic mass is 10.1. The molecule has 1 unspecified atom stereocenters. The number of carbonyl (C=O) groups is 1. The molecule has 3 rings (SSSR count). The number of pyridine rings is 1. The van der Waals surface area contributed by atoms with Gasteiger partial charge in [0.2, 0.25) is 0 Å². The zero-order valence-corrected chi connectivity index (χ0v) is 11.7. The Balaban J connectivity index is 1.95. The maximum Gasteiger partial charge on any atom is 0.422 e. The van der Waals surface area contributed by atoms with Crippen molar-refractivity contribution in [1.82, 2.24) is 9.55 Å². The molecule has 3 aromatic rings. The van der Waals surface area contributed by atoms with Gasteiger partial charge in [-0.15, -0.1) is 0 Å². The van der Waals surface area contributed by atoms with Crippen molar-refractivity contribution in [1.29, 1.82) is 0 Å². The number of carboxylic acid groups (broad SMARTS) is 1. The molecule has 0 fully saturated rings. The maximum absolute atomic E-state index is 12.0. The summed E-state index contributed by atoms with van der Waals surface area (Å²) in [6.07, 6.45) is 2.33. The Morgan fingerprint density at radius 2 is 2.00 bits per heavy atom. The summed E-state index contributed by atoms with van der Waals surface area (Å²) in [5, 5.41) is 9.48. The highest BCUT2D eigenvalue weighted by atomic mass is 16.4. The number of fused-ring (bicyclic) bond motifs is 1. The molecule has 6 nitrogen and oxygen atoms in total. The Bertz CT molecular complexity index is 851. The average molecular weight is 298 g/mol. The molecule has 0 spiro atoms. The third kappa shape index (κ3) is 2.63. The van der Waals surface area contributed by atoms with E-state index in [4.69, 9.17) is 4.42 Å². The Labute approximate surface area is 125 Å². The van der Waals surface area contributed by atoms with Crippen LogP contribution in [-0.4, -0.2) is 20.6 Å². The van der Waals surface area contributed by atoms with Crippen LogP contribution in [0.25, 0.3) is 11.2 Å². The molecule has 0 aliphatic carbocycles. The van der Waals surface area contributed by atoms with Crippen LogP contribution < -0.4 is 5.76 Å². The number of nitrogens with zero attached hydrogens (tertiary/aromatic N) is 2. The topological polar surface area (TPSA) is 85.3 Å². The molecule has 1 N–H and O–H groups in total. The number of aryl methyl sites for hydroxylation is 1. The number of oxazole rings is 1. The van der Waals surface area contributed by atoms with E-state index in [2.05, 4.69) is 4.98 Å². The fourth-order valence-electron chi connectivity index (χ4n) is 2.46. The first-order chi connectivity index (χ1) is 10.7. The molecule has 6 heteroatoms. The number of aromatic nitrogens is 2. The molecule has 22 heavy (non-hydrogen) atoms. The minimum absolute atomic E-state index is 0.257. The second-order valence-corrected chi connectivity index (χ2v) is 4.94. The highest BCUT2D eigenvalue weighted by Gasteiger charge is 2.25. The van der Waals surface area contributed by atoms with Crippen LogP contribution in [0.3, 0.4) is 0 Å². The highest BCUT2D eigenvalue weighted by molar-refractivity contribution is 5.76. The molecule has 0 saturated carbocycles. The third-order valence-electron chi connectivity index (χ3n) is 3.52. The van der Waals surface area contributed by atoms with Crippen molar-refractivity contribution < 1.29 is 14.3 Å². The zero-order valence-electron chi connectivity index (χ0n) is 11.7. The lowest BCUT2D eigenvalue weighted by molar-refractivity contribution is -0.141. The van der Waals surface area contributed by atoms with Gasteiger partial charge in [0, 0.05) is 6.20 Å². The molecule has 0 saturated heterocycles. The summed E-state index contributed by atoms with van der Waals surface area (Å²) in [5.74, 6) is -1.78. The molecule has 0 radical (unpaired) electrons. The van der Waals surface area contributed by atoms with E-state index in [0.29, 0.717) is 12.0 Å². The van der Waals surface area contributed by atoms with Crippen molar-refractivity contribution in [2.75, 3.05) is 0 Å². The van der Waals surface area contributed by atoms with Crippen molar-refractivity contribution >= 4 is 17.2 Å². The van der Waals surface area contributed by atoms with Crippen LogP contribution in [0.15, 0.2) is 57.9 Å². The van der Waals surface area contributed by atoms with Gasteiger partial charge in [0.25, 0.3) is 0 Å². The van der Waals surface area contributed by atoms with Crippen LogP contribution in [0, 0.1) is 0 Å². The summed E-state index contributed by atoms with van der Waals surface area (Å²) in [7, 11) is 0. The van der Waals surface area contributed by atoms with E-state index in [1.165, 1.54) is 6.20 Å². The van der Waals surface area contributed by atoms with Gasteiger partial charge in [-0.2, -0.15) is 0 Å². The molecule has 0 aliphatic heterocycles. The Hall–Kier alpha value is -2.89. The summed E-state index contributed by atoms with van der Waals surface area (Å²) >= 11 is 0. The second kappa shape index (κ2) is 5.85. The standard InChI is InChI=1S/C16H14N2O4/c19-15(20)12(9-8-11-5-2-1-3-6-11)18-14-13(22-16(18)21)7-4-10-17-14/h1-7,10,12H,8-9H2,(H,19,20). The molecule has 1 aromatic carbocycles. The summed E-state index contributed by atoms with van der Waals surface area (Å²) in [5.41, 5.74) is 1.56. The van der Waals surface area contributed by atoms with Crippen molar-refractivity contribution in [2.24, 2.45) is 0 Å². The lowest BCUT2D eigenvalue weighted by Gasteiger charge is -2.12. The van der Waals surface area contributed by atoms with Crippen molar-refractivity contribution in [2.45, 2.75) is 18.9 Å². The van der Waals surface area contributed by atoms with Gasteiger partial charge in [-0.3, -0.25) is 0 Å². The minimum Gasteiger partial charge on any atom is -0.480 e. The Morgan fingerprint density at radius 3 is 2.73 bits per heavy atom. The van der Waals surface area contributed by atoms with Gasteiger partial charge in [-0.1, -0.05) is 30.3 Å². The number of aliphatic carboxylic acids is 1. The van der Waals surface area contributed by atoms with E-state index in [1.807, 2.05) is 30.3 Å². The summed E-state index contributed by atoms with van der Waals surface area (Å²) < 4.78 is 6.18. The monoisotopic (exact) mass is 298 g/mol. The molecule has 1 atom stereocenters. The van der Waals surface area contributed by atoms with Gasteiger partial charge in [-0.25, -0.2) is 19.1 Å². The first-order valence-corrected chi connectivity index (χ1v) is 6.89. The summed E-state index contributed by atoms with van der Waals surface area (Å²) in [6, 6.07) is 11.8. The van der Waals surface area contributed by atoms with Crippen LogP contribution in [0.4, 0.5) is 0 Å².